The van der Waals surface area contributed by atoms with Crippen molar-refractivity contribution in [2.45, 2.75) is 0 Å². The second-order valence-corrected chi connectivity index (χ2v) is 2.48. The van der Waals surface area contributed by atoms with Gasteiger partial charge in [0.25, 0.3) is 0 Å². The van der Waals surface area contributed by atoms with Gasteiger partial charge in [-0.2, -0.15) is 0 Å². The van der Waals surface area contributed by atoms with Crippen LogP contribution in [0, 0.1) is 0 Å². The monoisotopic (exact) mass is 185 g/mol. The molecule has 6 heteroatoms. The first-order valence-electron chi connectivity index (χ1n) is 3.51. The molecule has 0 atom stereocenters. The van der Waals surface area contributed by atoms with Gasteiger partial charge in [0.1, 0.15) is 0 Å². The van der Waals surface area contributed by atoms with Gasteiger partial charge in [-0.05, 0) is 6.07 Å². The second-order valence-electron chi connectivity index (χ2n) is 2.48. The quantitative estimate of drug-likeness (QED) is 0.467. The molecule has 0 spiro atoms. The Morgan fingerprint density at radius 1 is 1.43 bits per heavy atom. The van der Waals surface area contributed by atoms with E-state index in [9.17, 15) is 14.7 Å². The van der Waals surface area contributed by atoms with Crippen LogP contribution in [-0.2, 0) is 0 Å². The van der Waals surface area contributed by atoms with Crippen molar-refractivity contribution in [1.82, 2.24) is 4.98 Å². The van der Waals surface area contributed by atoms with Crippen molar-refractivity contribution in [3.63, 3.8) is 0 Å². The zero-order valence-electron chi connectivity index (χ0n) is 7.37. The fraction of sp³-hybridized carbons (Fsp3) is 0. The van der Waals surface area contributed by atoms with E-state index in [2.05, 4.69) is 9.40 Å². The normalized spacial score (nSPS) is 9.71. The SMILES string of the molecule is O=C([O-])c1cccc2oc(=O)[nH]c12.[Li+]. The summed E-state index contributed by atoms with van der Waals surface area (Å²) in [6.45, 7) is 0. The summed E-state index contributed by atoms with van der Waals surface area (Å²) in [5, 5.41) is 10.5. The number of aromatic nitrogens is 1. The third-order valence-electron chi connectivity index (χ3n) is 1.68. The Kier molecular flexibility index (Phi) is 2.84. The van der Waals surface area contributed by atoms with Crippen LogP contribution >= 0.6 is 0 Å². The molecule has 2 aromatic rings. The van der Waals surface area contributed by atoms with Crippen molar-refractivity contribution in [3.8, 4) is 0 Å². The van der Waals surface area contributed by atoms with E-state index in [1.807, 2.05) is 0 Å². The number of hydrogen-bond donors (Lipinski definition) is 1. The fourth-order valence-corrected chi connectivity index (χ4v) is 1.14. The molecule has 5 nitrogen and oxygen atoms in total. The van der Waals surface area contributed by atoms with Crippen LogP contribution in [0.25, 0.3) is 11.1 Å². The number of carbonyl (C=O) groups excluding carboxylic acids is 1. The van der Waals surface area contributed by atoms with Crippen LogP contribution in [0.5, 0.6) is 0 Å². The zero-order valence-corrected chi connectivity index (χ0v) is 7.37. The molecule has 0 radical (unpaired) electrons. The third kappa shape index (κ3) is 1.60. The first-order chi connectivity index (χ1) is 6.18. The van der Waals surface area contributed by atoms with E-state index in [0.29, 0.717) is 0 Å². The van der Waals surface area contributed by atoms with E-state index in [-0.39, 0.29) is 35.5 Å². The third-order valence-corrected chi connectivity index (χ3v) is 1.68. The van der Waals surface area contributed by atoms with Crippen molar-refractivity contribution >= 4 is 17.1 Å². The van der Waals surface area contributed by atoms with Crippen molar-refractivity contribution in [2.75, 3.05) is 0 Å². The van der Waals surface area contributed by atoms with E-state index in [1.165, 1.54) is 18.2 Å². The predicted octanol–water partition coefficient (Wildman–Crippen LogP) is -3.51. The number of aromatic amines is 1. The van der Waals surface area contributed by atoms with Gasteiger partial charge < -0.3 is 14.3 Å². The van der Waals surface area contributed by atoms with Gasteiger partial charge in [-0.15, -0.1) is 0 Å². The minimum absolute atomic E-state index is 0. The van der Waals surface area contributed by atoms with E-state index in [4.69, 9.17) is 0 Å². The Morgan fingerprint density at radius 3 is 2.79 bits per heavy atom. The van der Waals surface area contributed by atoms with Gasteiger partial charge in [0.05, 0.1) is 11.5 Å². The van der Waals surface area contributed by atoms with Crippen molar-refractivity contribution in [3.05, 3.63) is 34.3 Å². The Hall–Kier alpha value is -1.44. The molecule has 1 N–H and O–H groups in total. The number of para-hydroxylation sites is 1. The average Bonchev–Trinajstić information content (AvgIpc) is 2.43. The molecule has 66 valence electrons. The summed E-state index contributed by atoms with van der Waals surface area (Å²) >= 11 is 0. The number of H-pyrrole nitrogens is 1. The largest absolute Gasteiger partial charge is 1.00 e. The number of carbonyl (C=O) groups is 1. The van der Waals surface area contributed by atoms with Gasteiger partial charge in [-0.25, -0.2) is 4.79 Å². The van der Waals surface area contributed by atoms with E-state index in [1.54, 1.807) is 0 Å². The minimum atomic E-state index is -1.34. The summed E-state index contributed by atoms with van der Waals surface area (Å²) in [4.78, 5) is 23.5. The second kappa shape index (κ2) is 3.74. The van der Waals surface area contributed by atoms with Crippen LogP contribution in [-0.4, -0.2) is 11.0 Å². The van der Waals surface area contributed by atoms with Gasteiger partial charge >= 0.3 is 24.6 Å². The van der Waals surface area contributed by atoms with Crippen molar-refractivity contribution < 1.29 is 33.2 Å². The van der Waals surface area contributed by atoms with Gasteiger partial charge in [0, 0.05) is 5.56 Å². The van der Waals surface area contributed by atoms with Gasteiger partial charge in [0.15, 0.2) is 5.58 Å². The molecule has 2 rings (SSSR count). The molecule has 0 fully saturated rings. The minimum Gasteiger partial charge on any atom is -0.545 e. The Bertz CT molecular complexity index is 527. The molecule has 0 unspecified atom stereocenters. The molecule has 0 saturated carbocycles. The molecule has 0 amide bonds. The van der Waals surface area contributed by atoms with Crippen LogP contribution in [0.15, 0.2) is 27.4 Å². The molecule has 0 aliphatic carbocycles. The number of carboxylic acids is 1. The van der Waals surface area contributed by atoms with Crippen molar-refractivity contribution in [1.29, 1.82) is 0 Å². The molecule has 14 heavy (non-hydrogen) atoms. The first-order valence-corrected chi connectivity index (χ1v) is 3.51. The smallest absolute Gasteiger partial charge is 0.545 e. The van der Waals surface area contributed by atoms with E-state index >= 15 is 0 Å². The summed E-state index contributed by atoms with van der Waals surface area (Å²) in [7, 11) is 0. The van der Waals surface area contributed by atoms with Gasteiger partial charge in [-0.1, -0.05) is 12.1 Å². The molecule has 1 heterocycles. The Morgan fingerprint density at radius 2 is 2.14 bits per heavy atom. The molecule has 1 aromatic carbocycles. The molecular weight excluding hydrogens is 181 g/mol. The molecule has 0 aliphatic heterocycles. The number of oxazole rings is 1. The maximum Gasteiger partial charge on any atom is 1.00 e. The number of nitrogens with one attached hydrogen (secondary N) is 1. The molecular formula is C8H4LiNO4. The maximum atomic E-state index is 10.7. The topological polar surface area (TPSA) is 86.1 Å². The van der Waals surface area contributed by atoms with Crippen LogP contribution in [0.2, 0.25) is 0 Å². The molecule has 1 aromatic heterocycles. The fourth-order valence-electron chi connectivity index (χ4n) is 1.14. The van der Waals surface area contributed by atoms with Crippen LogP contribution in [0.1, 0.15) is 10.4 Å². The number of hydrogen-bond acceptors (Lipinski definition) is 4. The first kappa shape index (κ1) is 10.6. The number of aromatic carboxylic acids is 1. The molecule has 0 saturated heterocycles. The summed E-state index contributed by atoms with van der Waals surface area (Å²) in [6, 6.07) is 4.31. The summed E-state index contributed by atoms with van der Waals surface area (Å²) in [5.41, 5.74) is 0.294. The zero-order chi connectivity index (χ0) is 9.42. The predicted molar refractivity (Wildman–Crippen MR) is 41.2 cm³/mol. The Balaban J connectivity index is 0.000000980. The summed E-state index contributed by atoms with van der Waals surface area (Å²) in [6.07, 6.45) is 0. The molecule has 0 bridgehead atoms. The van der Waals surface area contributed by atoms with Crippen LogP contribution < -0.4 is 29.7 Å². The van der Waals surface area contributed by atoms with E-state index in [0.717, 1.165) is 0 Å². The van der Waals surface area contributed by atoms with Crippen LogP contribution in [0.3, 0.4) is 0 Å². The number of rotatable bonds is 1. The number of benzene rings is 1. The van der Waals surface area contributed by atoms with Gasteiger partial charge in [0.2, 0.25) is 0 Å². The van der Waals surface area contributed by atoms with E-state index < -0.39 is 11.7 Å². The maximum absolute atomic E-state index is 10.7. The Labute approximate surface area is 89.9 Å². The number of fused-ring (bicyclic) bond motifs is 1. The molecule has 0 aliphatic rings. The van der Waals surface area contributed by atoms with Gasteiger partial charge in [-0.3, -0.25) is 4.98 Å². The average molecular weight is 185 g/mol. The number of carboxylic acid groups (broad SMARTS) is 1. The van der Waals surface area contributed by atoms with Crippen LogP contribution in [0.4, 0.5) is 0 Å². The summed E-state index contributed by atoms with van der Waals surface area (Å²) < 4.78 is 4.66. The standard InChI is InChI=1S/C8H5NO4.Li/c10-7(11)4-2-1-3-5-6(4)9-8(12)13-5;/h1-3H,(H,9,12)(H,10,11);/q;+1/p-1. The van der Waals surface area contributed by atoms with Crippen molar-refractivity contribution in [2.24, 2.45) is 0 Å². The summed E-state index contributed by atoms with van der Waals surface area (Å²) in [5.74, 6) is -2.02.